The molecule has 0 saturated carbocycles. The summed E-state index contributed by atoms with van der Waals surface area (Å²) in [5, 5.41) is 8.92. The van der Waals surface area contributed by atoms with Gasteiger partial charge in [0.25, 0.3) is 0 Å². The van der Waals surface area contributed by atoms with Crippen LogP contribution in [0.15, 0.2) is 66.7 Å². The summed E-state index contributed by atoms with van der Waals surface area (Å²) >= 11 is 0. The molecule has 0 atom stereocenters. The highest BCUT2D eigenvalue weighted by atomic mass is 16.5. The van der Waals surface area contributed by atoms with Gasteiger partial charge in [-0.3, -0.25) is 0 Å². The van der Waals surface area contributed by atoms with Crippen molar-refractivity contribution >= 4 is 11.9 Å². The van der Waals surface area contributed by atoms with Crippen LogP contribution in [-0.2, 0) is 0 Å². The zero-order chi connectivity index (χ0) is 32.8. The molecule has 0 unspecified atom stereocenters. The lowest BCUT2D eigenvalue weighted by Gasteiger charge is -2.14. The van der Waals surface area contributed by atoms with E-state index in [9.17, 15) is 9.59 Å². The van der Waals surface area contributed by atoms with Crippen LogP contribution in [0, 0.1) is 11.3 Å². The Morgan fingerprint density at radius 1 is 0.543 bits per heavy atom. The lowest BCUT2D eigenvalue weighted by atomic mass is 10.1. The number of nitrogens with zero attached hydrogens (tertiary/aromatic N) is 1. The second-order valence-electron chi connectivity index (χ2n) is 11.5. The number of hydrogen-bond donors (Lipinski definition) is 0. The van der Waals surface area contributed by atoms with E-state index in [1.165, 1.54) is 76.3 Å². The van der Waals surface area contributed by atoms with Crippen LogP contribution in [0.4, 0.5) is 0 Å². The molecule has 0 fully saturated rings. The molecule has 0 saturated heterocycles. The van der Waals surface area contributed by atoms with E-state index in [1.54, 1.807) is 54.6 Å². The van der Waals surface area contributed by atoms with Gasteiger partial charge in [0, 0.05) is 0 Å². The zero-order valence-electron chi connectivity index (χ0n) is 27.6. The highest BCUT2D eigenvalue weighted by molar-refractivity contribution is 5.93. The van der Waals surface area contributed by atoms with Crippen LogP contribution in [-0.4, -0.2) is 25.2 Å². The number of rotatable bonds is 22. The molecule has 0 bridgehead atoms. The molecule has 7 heteroatoms. The number of nitriles is 1. The van der Waals surface area contributed by atoms with Crippen molar-refractivity contribution in [2.45, 2.75) is 104 Å². The average Bonchev–Trinajstić information content (AvgIpc) is 3.08. The maximum Gasteiger partial charge on any atom is 0.343 e. The monoisotopic (exact) mass is 627 g/mol. The standard InChI is InChI=1S/C39H49NO6/c1-3-5-7-9-11-13-15-27-43-36-26-21-33(29-37(36)44-28-16-14-12-10-8-6-4-2)39(42)46-35-24-19-32(20-25-35)38(41)45-34-22-17-31(30-40)18-23-34/h17-26,29H,3-16,27-28H2,1-2H3. The van der Waals surface area contributed by atoms with Crippen molar-refractivity contribution in [3.8, 4) is 29.1 Å². The smallest absolute Gasteiger partial charge is 0.343 e. The van der Waals surface area contributed by atoms with E-state index in [4.69, 9.17) is 24.2 Å². The van der Waals surface area contributed by atoms with Gasteiger partial charge in [-0.25, -0.2) is 9.59 Å². The SMILES string of the molecule is CCCCCCCCCOc1ccc(C(=O)Oc2ccc(C(=O)Oc3ccc(C#N)cc3)cc2)cc1OCCCCCCCCC. The van der Waals surface area contributed by atoms with Crippen LogP contribution in [0.3, 0.4) is 0 Å². The maximum absolute atomic E-state index is 13.1. The Hall–Kier alpha value is -4.31. The van der Waals surface area contributed by atoms with Crippen LogP contribution < -0.4 is 18.9 Å². The van der Waals surface area contributed by atoms with Gasteiger partial charge in [-0.15, -0.1) is 0 Å². The molecule has 0 aliphatic heterocycles. The predicted molar refractivity (Wildman–Crippen MR) is 181 cm³/mol. The van der Waals surface area contributed by atoms with Gasteiger partial charge in [0.15, 0.2) is 11.5 Å². The van der Waals surface area contributed by atoms with Crippen molar-refractivity contribution in [1.29, 1.82) is 5.26 Å². The average molecular weight is 628 g/mol. The first kappa shape index (κ1) is 36.2. The van der Waals surface area contributed by atoms with E-state index in [0.29, 0.717) is 52.9 Å². The molecule has 7 nitrogen and oxygen atoms in total. The van der Waals surface area contributed by atoms with E-state index >= 15 is 0 Å². The summed E-state index contributed by atoms with van der Waals surface area (Å²) < 4.78 is 23.2. The molecule has 3 aromatic rings. The molecular weight excluding hydrogens is 578 g/mol. The van der Waals surface area contributed by atoms with Crippen LogP contribution in [0.25, 0.3) is 0 Å². The fourth-order valence-electron chi connectivity index (χ4n) is 4.94. The van der Waals surface area contributed by atoms with Gasteiger partial charge in [-0.1, -0.05) is 90.9 Å². The van der Waals surface area contributed by atoms with Crippen LogP contribution in [0.5, 0.6) is 23.0 Å². The van der Waals surface area contributed by atoms with E-state index in [0.717, 1.165) is 25.7 Å². The van der Waals surface area contributed by atoms with Crippen molar-refractivity contribution in [3.05, 3.63) is 83.4 Å². The Morgan fingerprint density at radius 3 is 1.50 bits per heavy atom. The molecule has 0 aromatic heterocycles. The van der Waals surface area contributed by atoms with Crippen LogP contribution in [0.1, 0.15) is 130 Å². The second kappa shape index (κ2) is 21.4. The quantitative estimate of drug-likeness (QED) is 0.0621. The number of ether oxygens (including phenoxy) is 4. The first-order chi connectivity index (χ1) is 22.5. The van der Waals surface area contributed by atoms with Gasteiger partial charge in [0.1, 0.15) is 11.5 Å². The molecule has 0 aliphatic carbocycles. The topological polar surface area (TPSA) is 94.9 Å². The lowest BCUT2D eigenvalue weighted by Crippen LogP contribution is -2.11. The zero-order valence-corrected chi connectivity index (χ0v) is 27.6. The fourth-order valence-corrected chi connectivity index (χ4v) is 4.94. The molecule has 46 heavy (non-hydrogen) atoms. The molecule has 3 rings (SSSR count). The number of carbonyl (C=O) groups is 2. The molecule has 0 N–H and O–H groups in total. The lowest BCUT2D eigenvalue weighted by molar-refractivity contribution is 0.0730. The molecule has 0 spiro atoms. The molecular formula is C39H49NO6. The summed E-state index contributed by atoms with van der Waals surface area (Å²) in [7, 11) is 0. The number of carbonyl (C=O) groups excluding carboxylic acids is 2. The minimum atomic E-state index is -0.558. The fraction of sp³-hybridized carbons (Fsp3) is 0.462. The third-order valence-corrected chi connectivity index (χ3v) is 7.68. The van der Waals surface area contributed by atoms with Crippen LogP contribution >= 0.6 is 0 Å². The molecule has 246 valence electrons. The van der Waals surface area contributed by atoms with Gasteiger partial charge in [-0.05, 0) is 79.6 Å². The van der Waals surface area contributed by atoms with Crippen molar-refractivity contribution in [2.24, 2.45) is 0 Å². The molecule has 0 radical (unpaired) electrons. The molecule has 0 heterocycles. The Kier molecular flexibility index (Phi) is 16.8. The van der Waals surface area contributed by atoms with Gasteiger partial charge < -0.3 is 18.9 Å². The highest BCUT2D eigenvalue weighted by Crippen LogP contribution is 2.30. The van der Waals surface area contributed by atoms with Crippen molar-refractivity contribution in [1.82, 2.24) is 0 Å². The summed E-state index contributed by atoms with van der Waals surface area (Å²) in [4.78, 5) is 25.6. The number of esters is 2. The third kappa shape index (κ3) is 13.4. The summed E-state index contributed by atoms with van der Waals surface area (Å²) in [5.41, 5.74) is 1.12. The third-order valence-electron chi connectivity index (χ3n) is 7.68. The largest absolute Gasteiger partial charge is 0.490 e. The summed E-state index contributed by atoms with van der Waals surface area (Å²) in [6.45, 7) is 5.61. The first-order valence-corrected chi connectivity index (χ1v) is 17.0. The van der Waals surface area contributed by atoms with Gasteiger partial charge in [0.05, 0.1) is 36.0 Å². The van der Waals surface area contributed by atoms with E-state index in [-0.39, 0.29) is 0 Å². The van der Waals surface area contributed by atoms with Crippen molar-refractivity contribution in [2.75, 3.05) is 13.2 Å². The molecule has 0 amide bonds. The number of unbranched alkanes of at least 4 members (excludes halogenated alkanes) is 12. The van der Waals surface area contributed by atoms with Gasteiger partial charge in [-0.2, -0.15) is 5.26 Å². The Balaban J connectivity index is 1.56. The predicted octanol–water partition coefficient (Wildman–Crippen LogP) is 10.3. The minimum absolute atomic E-state index is 0.296. The van der Waals surface area contributed by atoms with E-state index in [2.05, 4.69) is 13.8 Å². The first-order valence-electron chi connectivity index (χ1n) is 17.0. The Labute approximate surface area is 274 Å². The van der Waals surface area contributed by atoms with E-state index < -0.39 is 11.9 Å². The van der Waals surface area contributed by atoms with Crippen LogP contribution in [0.2, 0.25) is 0 Å². The highest BCUT2D eigenvalue weighted by Gasteiger charge is 2.15. The van der Waals surface area contributed by atoms with Crippen molar-refractivity contribution in [3.63, 3.8) is 0 Å². The summed E-state index contributed by atoms with van der Waals surface area (Å²) in [5.74, 6) is 0.716. The second-order valence-corrected chi connectivity index (χ2v) is 11.5. The number of hydrogen-bond acceptors (Lipinski definition) is 7. The number of benzene rings is 3. The summed E-state index contributed by atoms with van der Waals surface area (Å²) in [6.07, 6.45) is 16.7. The molecule has 3 aromatic carbocycles. The normalized spacial score (nSPS) is 10.6. The summed E-state index contributed by atoms with van der Waals surface area (Å²) in [6, 6.07) is 19.6. The Bertz CT molecular complexity index is 1360. The maximum atomic E-state index is 13.1. The molecule has 0 aliphatic rings. The van der Waals surface area contributed by atoms with E-state index in [1.807, 2.05) is 6.07 Å². The Morgan fingerprint density at radius 2 is 0.978 bits per heavy atom. The van der Waals surface area contributed by atoms with Gasteiger partial charge in [0.2, 0.25) is 0 Å². The minimum Gasteiger partial charge on any atom is -0.490 e. The van der Waals surface area contributed by atoms with Crippen molar-refractivity contribution < 1.29 is 28.5 Å². The van der Waals surface area contributed by atoms with Gasteiger partial charge >= 0.3 is 11.9 Å².